The third-order valence-corrected chi connectivity index (χ3v) is 2.37. The summed E-state index contributed by atoms with van der Waals surface area (Å²) < 4.78 is 11.2. The fraction of sp³-hybridized carbons (Fsp3) is 0.364. The van der Waals surface area contributed by atoms with E-state index >= 15 is 0 Å². The molecule has 0 aliphatic heterocycles. The summed E-state index contributed by atoms with van der Waals surface area (Å²) in [6.07, 6.45) is 1.46. The first-order chi connectivity index (χ1) is 8.69. The largest absolute Gasteiger partial charge is 0.461 e. The summed E-state index contributed by atoms with van der Waals surface area (Å²) in [6, 6.07) is 1.37. The van der Waals surface area contributed by atoms with Crippen LogP contribution >= 0.6 is 0 Å². The molecule has 0 aliphatic carbocycles. The number of rotatable bonds is 4. The maximum absolute atomic E-state index is 11.8. The minimum Gasteiger partial charge on any atom is -0.461 e. The molecule has 2 heterocycles. The van der Waals surface area contributed by atoms with E-state index in [4.69, 9.17) is 9.47 Å². The number of hydrogen-bond donors (Lipinski definition) is 1. The molecule has 0 radical (unpaired) electrons. The molecule has 0 amide bonds. The third-order valence-electron chi connectivity index (χ3n) is 2.37. The van der Waals surface area contributed by atoms with E-state index in [1.165, 1.54) is 24.1 Å². The van der Waals surface area contributed by atoms with Gasteiger partial charge in [-0.1, -0.05) is 0 Å². The van der Waals surface area contributed by atoms with Crippen molar-refractivity contribution in [3.05, 3.63) is 28.2 Å². The molecule has 0 spiro atoms. The first-order valence-corrected chi connectivity index (χ1v) is 5.43. The fourth-order valence-corrected chi connectivity index (χ4v) is 1.69. The molecule has 2 aromatic rings. The molecule has 2 aromatic heterocycles. The minimum absolute atomic E-state index is 0.0848. The molecule has 7 heteroatoms. The number of hydrogen-bond acceptors (Lipinski definition) is 5. The summed E-state index contributed by atoms with van der Waals surface area (Å²) in [6.45, 7) is 2.03. The van der Waals surface area contributed by atoms with E-state index in [0.29, 0.717) is 11.0 Å². The van der Waals surface area contributed by atoms with E-state index in [0.717, 1.165) is 0 Å². The first-order valence-electron chi connectivity index (χ1n) is 5.43. The molecule has 0 unspecified atom stereocenters. The van der Waals surface area contributed by atoms with Gasteiger partial charge < -0.3 is 14.5 Å². The van der Waals surface area contributed by atoms with Crippen LogP contribution in [0.5, 0.6) is 0 Å². The Morgan fingerprint density at radius 3 is 3.00 bits per heavy atom. The Hall–Kier alpha value is -2.15. The highest BCUT2D eigenvalue weighted by Crippen LogP contribution is 2.13. The van der Waals surface area contributed by atoms with E-state index in [9.17, 15) is 9.59 Å². The van der Waals surface area contributed by atoms with Gasteiger partial charge in [0.05, 0.1) is 6.61 Å². The van der Waals surface area contributed by atoms with Crippen molar-refractivity contribution < 1.29 is 14.3 Å². The lowest BCUT2D eigenvalue weighted by Crippen LogP contribution is -2.10. The lowest BCUT2D eigenvalue weighted by atomic mass is 10.3. The van der Waals surface area contributed by atoms with Crippen LogP contribution < -0.4 is 5.43 Å². The number of ether oxygens (including phenoxy) is 2. The van der Waals surface area contributed by atoms with Gasteiger partial charge >= 0.3 is 5.97 Å². The second kappa shape index (κ2) is 5.01. The molecule has 0 saturated carbocycles. The molecule has 0 saturated heterocycles. The number of carbonyl (C=O) groups excluding carboxylic acids is 1. The maximum atomic E-state index is 11.8. The van der Waals surface area contributed by atoms with Crippen molar-refractivity contribution in [3.8, 4) is 0 Å². The number of pyridine rings is 1. The average molecular weight is 251 g/mol. The van der Waals surface area contributed by atoms with Gasteiger partial charge in [0.25, 0.3) is 0 Å². The Bertz CT molecular complexity index is 629. The van der Waals surface area contributed by atoms with Gasteiger partial charge in [0.2, 0.25) is 5.43 Å². The molecular weight excluding hydrogens is 238 g/mol. The van der Waals surface area contributed by atoms with Crippen molar-refractivity contribution >= 4 is 17.0 Å². The van der Waals surface area contributed by atoms with Crippen LogP contribution in [0, 0.1) is 0 Å². The Labute approximate surface area is 102 Å². The lowest BCUT2D eigenvalue weighted by Gasteiger charge is -1.99. The second-order valence-corrected chi connectivity index (χ2v) is 3.55. The zero-order chi connectivity index (χ0) is 13.1. The van der Waals surface area contributed by atoms with Gasteiger partial charge in [-0.05, 0) is 6.92 Å². The van der Waals surface area contributed by atoms with Crippen molar-refractivity contribution in [1.82, 2.24) is 14.8 Å². The minimum atomic E-state index is -0.570. The molecule has 2 rings (SSSR count). The van der Waals surface area contributed by atoms with Crippen LogP contribution in [0.1, 0.15) is 17.4 Å². The van der Waals surface area contributed by atoms with E-state index < -0.39 is 5.97 Å². The van der Waals surface area contributed by atoms with Crippen LogP contribution in [-0.2, 0) is 16.2 Å². The number of carbonyl (C=O) groups is 1. The average Bonchev–Trinajstić information content (AvgIpc) is 2.70. The van der Waals surface area contributed by atoms with Gasteiger partial charge in [0.15, 0.2) is 5.69 Å². The van der Waals surface area contributed by atoms with Crippen LogP contribution in [0.3, 0.4) is 0 Å². The monoisotopic (exact) mass is 251 g/mol. The van der Waals surface area contributed by atoms with Crippen molar-refractivity contribution in [2.45, 2.75) is 13.7 Å². The Kier molecular flexibility index (Phi) is 3.42. The number of nitrogens with one attached hydrogen (secondary N) is 1. The summed E-state index contributed by atoms with van der Waals surface area (Å²) in [7, 11) is 1.48. The molecule has 7 nitrogen and oxygen atoms in total. The highest BCUT2D eigenvalue weighted by molar-refractivity contribution is 6.00. The maximum Gasteiger partial charge on any atom is 0.361 e. The summed E-state index contributed by atoms with van der Waals surface area (Å²) in [5.41, 5.74) is 0.505. The van der Waals surface area contributed by atoms with Crippen molar-refractivity contribution in [3.63, 3.8) is 0 Å². The Balaban J connectivity index is 2.65. The van der Waals surface area contributed by atoms with Crippen molar-refractivity contribution in [1.29, 1.82) is 0 Å². The zero-order valence-electron chi connectivity index (χ0n) is 10.1. The standard InChI is InChI=1S/C11H13N3O4/c1-3-18-11(16)9-8-10(7(15)4-5-12-8)14(13-9)6-17-2/h4-5H,3,6H2,1-2H3,(H,12,15). The summed E-state index contributed by atoms with van der Waals surface area (Å²) in [5, 5.41) is 4.04. The second-order valence-electron chi connectivity index (χ2n) is 3.55. The molecule has 96 valence electrons. The topological polar surface area (TPSA) is 86.2 Å². The molecule has 1 N–H and O–H groups in total. The van der Waals surface area contributed by atoms with Crippen molar-refractivity contribution in [2.75, 3.05) is 13.7 Å². The van der Waals surface area contributed by atoms with Crippen molar-refractivity contribution in [2.24, 2.45) is 0 Å². The Morgan fingerprint density at radius 1 is 1.56 bits per heavy atom. The number of H-pyrrole nitrogens is 1. The lowest BCUT2D eigenvalue weighted by molar-refractivity contribution is 0.0517. The summed E-state index contributed by atoms with van der Waals surface area (Å²) in [5.74, 6) is -0.570. The van der Waals surface area contributed by atoms with E-state index in [2.05, 4.69) is 10.1 Å². The van der Waals surface area contributed by atoms with Gasteiger partial charge in [0, 0.05) is 19.4 Å². The number of aromatic amines is 1. The van der Waals surface area contributed by atoms with Crippen LogP contribution in [0.15, 0.2) is 17.1 Å². The van der Waals surface area contributed by atoms with Gasteiger partial charge in [-0.15, -0.1) is 0 Å². The smallest absolute Gasteiger partial charge is 0.361 e. The highest BCUT2D eigenvalue weighted by Gasteiger charge is 2.20. The van der Waals surface area contributed by atoms with E-state index in [1.54, 1.807) is 6.92 Å². The van der Waals surface area contributed by atoms with Gasteiger partial charge in [-0.3, -0.25) is 4.79 Å². The number of nitrogens with zero attached hydrogens (tertiary/aromatic N) is 2. The van der Waals surface area contributed by atoms with E-state index in [1.807, 2.05) is 0 Å². The normalized spacial score (nSPS) is 10.8. The number of methoxy groups -OCH3 is 1. The van der Waals surface area contributed by atoms with Crippen LogP contribution in [0.2, 0.25) is 0 Å². The molecule has 0 fully saturated rings. The van der Waals surface area contributed by atoms with Gasteiger partial charge in [-0.2, -0.15) is 5.10 Å². The molecular formula is C11H13N3O4. The molecule has 0 atom stereocenters. The SMILES string of the molecule is CCOC(=O)c1nn(COC)c2c(=O)cc[nH]c12. The van der Waals surface area contributed by atoms with Crippen LogP contribution in [-0.4, -0.2) is 34.5 Å². The van der Waals surface area contributed by atoms with Gasteiger partial charge in [0.1, 0.15) is 17.8 Å². The quantitative estimate of drug-likeness (QED) is 0.800. The predicted octanol–water partition coefficient (Wildman–Crippen LogP) is 0.505. The van der Waals surface area contributed by atoms with E-state index in [-0.39, 0.29) is 24.5 Å². The predicted molar refractivity (Wildman–Crippen MR) is 63.3 cm³/mol. The molecule has 18 heavy (non-hydrogen) atoms. The molecule has 0 bridgehead atoms. The summed E-state index contributed by atoms with van der Waals surface area (Å²) >= 11 is 0. The number of esters is 1. The number of fused-ring (bicyclic) bond motifs is 1. The summed E-state index contributed by atoms with van der Waals surface area (Å²) in [4.78, 5) is 26.3. The third kappa shape index (κ3) is 2.00. The molecule has 0 aromatic carbocycles. The Morgan fingerprint density at radius 2 is 2.33 bits per heavy atom. The highest BCUT2D eigenvalue weighted by atomic mass is 16.5. The zero-order valence-corrected chi connectivity index (χ0v) is 10.1. The number of aromatic nitrogens is 3. The fourth-order valence-electron chi connectivity index (χ4n) is 1.69. The first kappa shape index (κ1) is 12.3. The van der Waals surface area contributed by atoms with Crippen LogP contribution in [0.4, 0.5) is 0 Å². The molecule has 0 aliphatic rings. The van der Waals surface area contributed by atoms with Crippen LogP contribution in [0.25, 0.3) is 11.0 Å². The van der Waals surface area contributed by atoms with Gasteiger partial charge in [-0.25, -0.2) is 9.48 Å².